The largest absolute Gasteiger partial charge is 0.370 e. The lowest BCUT2D eigenvalue weighted by molar-refractivity contribution is -0.0689. The Morgan fingerprint density at radius 1 is 0.895 bits per heavy atom. The molecular weight excluding hydrogens is 494 g/mol. The van der Waals surface area contributed by atoms with E-state index in [0.717, 1.165) is 45.4 Å². The molecule has 0 atom stereocenters. The van der Waals surface area contributed by atoms with Crippen molar-refractivity contribution in [3.8, 4) is 22.6 Å². The number of rotatable bonds is 5. The third kappa shape index (κ3) is 3.84. The molecule has 1 spiro atoms. The maximum Gasteiger partial charge on any atom is 0.175 e. The molecule has 4 heterocycles. The van der Waals surface area contributed by atoms with Crippen LogP contribution in [0.2, 0.25) is 0 Å². The van der Waals surface area contributed by atoms with Gasteiger partial charge in [0.05, 0.1) is 21.8 Å². The summed E-state index contributed by atoms with van der Waals surface area (Å²) in [6.07, 6.45) is 5.44. The van der Waals surface area contributed by atoms with Crippen molar-refractivity contribution in [1.82, 2.24) is 19.4 Å². The fourth-order valence-corrected chi connectivity index (χ4v) is 7.04. The van der Waals surface area contributed by atoms with Crippen molar-refractivity contribution in [2.24, 2.45) is 12.5 Å². The van der Waals surface area contributed by atoms with Gasteiger partial charge in [0.1, 0.15) is 11.3 Å². The summed E-state index contributed by atoms with van der Waals surface area (Å²) in [6.45, 7) is 6.90. The van der Waals surface area contributed by atoms with Crippen molar-refractivity contribution in [3.63, 3.8) is 0 Å². The van der Waals surface area contributed by atoms with E-state index in [4.69, 9.17) is 9.97 Å². The smallest absolute Gasteiger partial charge is 0.175 e. The number of imidazole rings is 1. The third-order valence-corrected chi connectivity index (χ3v) is 9.96. The van der Waals surface area contributed by atoms with Gasteiger partial charge in [0.25, 0.3) is 0 Å². The number of nitrogens with zero attached hydrogens (tertiary/aromatic N) is 5. The summed E-state index contributed by atoms with van der Waals surface area (Å²) in [7, 11) is -1.24. The second-order valence-corrected chi connectivity index (χ2v) is 13.7. The van der Waals surface area contributed by atoms with Crippen LogP contribution in [-0.2, 0) is 16.9 Å². The Kier molecular flexibility index (Phi) is 5.26. The minimum Gasteiger partial charge on any atom is -0.370 e. The van der Waals surface area contributed by atoms with E-state index in [0.29, 0.717) is 10.3 Å². The molecule has 0 N–H and O–H groups in total. The van der Waals surface area contributed by atoms with Crippen LogP contribution in [0.4, 0.5) is 5.69 Å². The van der Waals surface area contributed by atoms with Crippen molar-refractivity contribution in [1.29, 1.82) is 0 Å². The van der Waals surface area contributed by atoms with Crippen molar-refractivity contribution < 1.29 is 8.42 Å². The Morgan fingerprint density at radius 2 is 1.55 bits per heavy atom. The Bertz CT molecular complexity index is 1640. The summed E-state index contributed by atoms with van der Waals surface area (Å²) in [4.78, 5) is 15.3. The molecule has 0 bridgehead atoms. The first kappa shape index (κ1) is 23.9. The van der Waals surface area contributed by atoms with E-state index in [2.05, 4.69) is 44.7 Å². The summed E-state index contributed by atoms with van der Waals surface area (Å²) >= 11 is 0. The van der Waals surface area contributed by atoms with Crippen LogP contribution < -0.4 is 4.90 Å². The van der Waals surface area contributed by atoms with Gasteiger partial charge in [0, 0.05) is 67.8 Å². The highest BCUT2D eigenvalue weighted by Gasteiger charge is 2.53. The molecule has 1 aliphatic carbocycles. The molecule has 8 heteroatoms. The van der Waals surface area contributed by atoms with Crippen LogP contribution in [0.5, 0.6) is 0 Å². The fraction of sp³-hybridized carbons (Fsp3) is 0.400. The number of sulfone groups is 1. The van der Waals surface area contributed by atoms with Crippen LogP contribution in [0, 0.1) is 12.3 Å². The van der Waals surface area contributed by atoms with Crippen LogP contribution in [0.15, 0.2) is 59.5 Å². The third-order valence-electron chi connectivity index (χ3n) is 8.83. The molecule has 0 radical (unpaired) electrons. The van der Waals surface area contributed by atoms with Crippen molar-refractivity contribution in [2.45, 2.75) is 37.1 Å². The maximum atomic E-state index is 11.8. The molecule has 3 fully saturated rings. The van der Waals surface area contributed by atoms with Crippen molar-refractivity contribution >= 4 is 26.6 Å². The number of aromatic nitrogens is 3. The highest BCUT2D eigenvalue weighted by Crippen LogP contribution is 2.45. The zero-order valence-electron chi connectivity index (χ0n) is 22.2. The molecular formula is C30H33N5O2S. The van der Waals surface area contributed by atoms with Gasteiger partial charge in [-0.25, -0.2) is 13.4 Å². The second-order valence-electron chi connectivity index (χ2n) is 11.6. The lowest BCUT2D eigenvalue weighted by Gasteiger charge is -2.63. The summed E-state index contributed by atoms with van der Waals surface area (Å²) < 4.78 is 25.7. The highest BCUT2D eigenvalue weighted by molar-refractivity contribution is 7.90. The normalized spacial score (nSPS) is 19.4. The van der Waals surface area contributed by atoms with E-state index >= 15 is 0 Å². The molecule has 0 unspecified atom stereocenters. The van der Waals surface area contributed by atoms with E-state index in [1.807, 2.05) is 26.1 Å². The standard InChI is InChI=1S/C30H33N5O2S/c1-20-28-27(33(2)29(32-28)22-9-13-25(14-10-22)38(3,36)37)15-26(31-20)21-7-11-24(12-8-21)35-18-30(19-35)16-34(17-30)23-5-4-6-23/h7-15,23H,4-6,16-19H2,1-3H3. The van der Waals surface area contributed by atoms with E-state index < -0.39 is 9.84 Å². The molecule has 3 aliphatic rings. The molecule has 7 nitrogen and oxygen atoms in total. The van der Waals surface area contributed by atoms with Crippen LogP contribution >= 0.6 is 0 Å². The monoisotopic (exact) mass is 527 g/mol. The van der Waals surface area contributed by atoms with Gasteiger partial charge in [0.15, 0.2) is 9.84 Å². The molecule has 2 aromatic heterocycles. The molecule has 2 saturated heterocycles. The fourth-order valence-electron chi connectivity index (χ4n) is 6.41. The van der Waals surface area contributed by atoms with Crippen LogP contribution in [-0.4, -0.2) is 66.3 Å². The minimum atomic E-state index is -3.24. The summed E-state index contributed by atoms with van der Waals surface area (Å²) in [5.74, 6) is 0.788. The zero-order valence-corrected chi connectivity index (χ0v) is 23.0. The molecule has 2 aromatic carbocycles. The average Bonchev–Trinajstić information content (AvgIpc) is 3.15. The van der Waals surface area contributed by atoms with Gasteiger partial charge in [-0.2, -0.15) is 0 Å². The Morgan fingerprint density at radius 3 is 2.16 bits per heavy atom. The molecule has 38 heavy (non-hydrogen) atoms. The first-order chi connectivity index (χ1) is 18.2. The number of aryl methyl sites for hydroxylation is 2. The second kappa shape index (κ2) is 8.38. The number of hydrogen-bond donors (Lipinski definition) is 0. The Hall–Kier alpha value is -3.23. The molecule has 4 aromatic rings. The van der Waals surface area contributed by atoms with Crippen LogP contribution in [0.1, 0.15) is 25.0 Å². The predicted octanol–water partition coefficient (Wildman–Crippen LogP) is 4.69. The van der Waals surface area contributed by atoms with Gasteiger partial charge in [-0.15, -0.1) is 0 Å². The number of likely N-dealkylation sites (tertiary alicyclic amines) is 1. The predicted molar refractivity (Wildman–Crippen MR) is 151 cm³/mol. The quantitative estimate of drug-likeness (QED) is 0.375. The van der Waals surface area contributed by atoms with Gasteiger partial charge in [-0.3, -0.25) is 9.88 Å². The molecule has 196 valence electrons. The number of pyridine rings is 1. The van der Waals surface area contributed by atoms with Crippen molar-refractivity contribution in [3.05, 3.63) is 60.3 Å². The highest BCUT2D eigenvalue weighted by atomic mass is 32.2. The van der Waals surface area contributed by atoms with Crippen LogP contribution in [0.25, 0.3) is 33.7 Å². The number of benzene rings is 2. The Balaban J connectivity index is 1.10. The lowest BCUT2D eigenvalue weighted by atomic mass is 9.70. The van der Waals surface area contributed by atoms with E-state index in [1.54, 1.807) is 12.1 Å². The summed E-state index contributed by atoms with van der Waals surface area (Å²) in [6, 6.07) is 18.7. The first-order valence-corrected chi connectivity index (χ1v) is 15.3. The van der Waals surface area contributed by atoms with Crippen molar-refractivity contribution in [2.75, 3.05) is 37.3 Å². The van der Waals surface area contributed by atoms with Gasteiger partial charge >= 0.3 is 0 Å². The zero-order chi connectivity index (χ0) is 26.2. The summed E-state index contributed by atoms with van der Waals surface area (Å²) in [5, 5.41) is 0. The van der Waals surface area contributed by atoms with E-state index in [-0.39, 0.29) is 0 Å². The summed E-state index contributed by atoms with van der Waals surface area (Å²) in [5.41, 5.74) is 7.45. The average molecular weight is 528 g/mol. The molecule has 1 saturated carbocycles. The van der Waals surface area contributed by atoms with E-state index in [1.165, 1.54) is 57.4 Å². The van der Waals surface area contributed by atoms with E-state index in [9.17, 15) is 8.42 Å². The first-order valence-electron chi connectivity index (χ1n) is 13.4. The maximum absolute atomic E-state index is 11.8. The number of fused-ring (bicyclic) bond motifs is 1. The lowest BCUT2D eigenvalue weighted by Crippen LogP contribution is -2.74. The molecule has 2 aliphatic heterocycles. The Labute approximate surface area is 224 Å². The molecule has 0 amide bonds. The van der Waals surface area contributed by atoms with Gasteiger partial charge in [-0.1, -0.05) is 18.6 Å². The van der Waals surface area contributed by atoms with Crippen LogP contribution in [0.3, 0.4) is 0 Å². The molecule has 7 rings (SSSR count). The minimum absolute atomic E-state index is 0.306. The van der Waals surface area contributed by atoms with Gasteiger partial charge in [0.2, 0.25) is 0 Å². The van der Waals surface area contributed by atoms with Gasteiger partial charge in [-0.05, 0) is 62.2 Å². The number of anilines is 1. The topological polar surface area (TPSA) is 71.3 Å². The van der Waals surface area contributed by atoms with Gasteiger partial charge < -0.3 is 9.47 Å². The SMILES string of the molecule is Cc1nc(-c2ccc(N3CC4(C3)CN(C3CCC3)C4)cc2)cc2c1nc(-c1ccc(S(C)(=O)=O)cc1)n2C. The number of hydrogen-bond acceptors (Lipinski definition) is 6.